The van der Waals surface area contributed by atoms with Crippen LogP contribution in [0.5, 0.6) is 11.5 Å². The lowest BCUT2D eigenvalue weighted by Crippen LogP contribution is -1.83. The van der Waals surface area contributed by atoms with Crippen LogP contribution in [0.15, 0.2) is 60.7 Å². The summed E-state index contributed by atoms with van der Waals surface area (Å²) in [5, 5.41) is 12.2. The summed E-state index contributed by atoms with van der Waals surface area (Å²) in [6, 6.07) is 20.0. The normalized spacial score (nSPS) is 11.1. The first-order valence-electron chi connectivity index (χ1n) is 6.80. The van der Waals surface area contributed by atoms with E-state index in [1.165, 1.54) is 10.8 Å². The van der Waals surface area contributed by atoms with E-state index >= 15 is 0 Å². The van der Waals surface area contributed by atoms with Gasteiger partial charge in [0.15, 0.2) is 11.5 Å². The molecule has 3 rings (SSSR count). The molecule has 2 heteroatoms. The van der Waals surface area contributed by atoms with Crippen molar-refractivity contribution in [1.82, 2.24) is 0 Å². The molecule has 0 radical (unpaired) electrons. The van der Waals surface area contributed by atoms with Crippen molar-refractivity contribution in [1.29, 1.82) is 0 Å². The Morgan fingerprint density at radius 1 is 0.810 bits per heavy atom. The van der Waals surface area contributed by atoms with Gasteiger partial charge in [-0.15, -0.1) is 0 Å². The number of methoxy groups -OCH3 is 1. The van der Waals surface area contributed by atoms with Gasteiger partial charge in [0.2, 0.25) is 0 Å². The van der Waals surface area contributed by atoms with E-state index in [2.05, 4.69) is 30.3 Å². The summed E-state index contributed by atoms with van der Waals surface area (Å²) >= 11 is 0. The highest BCUT2D eigenvalue weighted by Gasteiger charge is 2.00. The maximum atomic E-state index is 9.77. The van der Waals surface area contributed by atoms with E-state index in [-0.39, 0.29) is 5.75 Å². The molecule has 0 saturated heterocycles. The van der Waals surface area contributed by atoms with Gasteiger partial charge in [-0.25, -0.2) is 0 Å². The van der Waals surface area contributed by atoms with E-state index in [1.807, 2.05) is 30.4 Å². The molecule has 104 valence electrons. The fourth-order valence-electron chi connectivity index (χ4n) is 2.31. The first-order valence-corrected chi connectivity index (χ1v) is 6.80. The molecular weight excluding hydrogens is 260 g/mol. The van der Waals surface area contributed by atoms with Crippen LogP contribution in [0.2, 0.25) is 0 Å². The minimum Gasteiger partial charge on any atom is -0.504 e. The number of aromatic hydroxyl groups is 1. The topological polar surface area (TPSA) is 29.5 Å². The Labute approximate surface area is 123 Å². The Bertz CT molecular complexity index is 804. The molecule has 3 aromatic rings. The molecule has 0 atom stereocenters. The highest BCUT2D eigenvalue weighted by molar-refractivity contribution is 5.86. The van der Waals surface area contributed by atoms with Crippen molar-refractivity contribution >= 4 is 22.9 Å². The Hall–Kier alpha value is -2.74. The van der Waals surface area contributed by atoms with Gasteiger partial charge in [0.05, 0.1) is 7.11 Å². The molecule has 3 aromatic carbocycles. The van der Waals surface area contributed by atoms with Crippen LogP contribution >= 0.6 is 0 Å². The fraction of sp³-hybridized carbons (Fsp3) is 0.0526. The van der Waals surface area contributed by atoms with Crippen molar-refractivity contribution in [2.24, 2.45) is 0 Å². The number of rotatable bonds is 3. The smallest absolute Gasteiger partial charge is 0.160 e. The molecule has 0 heterocycles. The predicted octanol–water partition coefficient (Wildman–Crippen LogP) is 4.72. The molecule has 0 spiro atoms. The Morgan fingerprint density at radius 2 is 1.48 bits per heavy atom. The van der Waals surface area contributed by atoms with E-state index in [0.29, 0.717) is 5.75 Å². The zero-order valence-electron chi connectivity index (χ0n) is 11.8. The zero-order chi connectivity index (χ0) is 14.7. The average Bonchev–Trinajstić information content (AvgIpc) is 2.53. The van der Waals surface area contributed by atoms with Gasteiger partial charge in [0.1, 0.15) is 0 Å². The molecule has 0 bridgehead atoms. The maximum Gasteiger partial charge on any atom is 0.160 e. The number of fused-ring (bicyclic) bond motifs is 1. The van der Waals surface area contributed by atoms with Gasteiger partial charge in [-0.05, 0) is 40.1 Å². The number of phenolic OH excluding ortho intramolecular Hbond substituents is 1. The minimum atomic E-state index is 0.151. The van der Waals surface area contributed by atoms with E-state index < -0.39 is 0 Å². The highest BCUT2D eigenvalue weighted by Crippen LogP contribution is 2.27. The molecule has 1 N–H and O–H groups in total. The summed E-state index contributed by atoms with van der Waals surface area (Å²) in [6.45, 7) is 0. The second kappa shape index (κ2) is 5.71. The molecule has 0 aliphatic heterocycles. The molecule has 0 unspecified atom stereocenters. The second-order valence-electron chi connectivity index (χ2n) is 4.87. The summed E-state index contributed by atoms with van der Waals surface area (Å²) in [6.07, 6.45) is 4.01. The molecule has 0 aromatic heterocycles. The summed E-state index contributed by atoms with van der Waals surface area (Å²) in [5.41, 5.74) is 2.06. The van der Waals surface area contributed by atoms with Crippen molar-refractivity contribution in [3.8, 4) is 11.5 Å². The average molecular weight is 276 g/mol. The summed E-state index contributed by atoms with van der Waals surface area (Å²) in [5.74, 6) is 0.635. The number of hydrogen-bond acceptors (Lipinski definition) is 2. The number of ether oxygens (including phenoxy) is 1. The monoisotopic (exact) mass is 276 g/mol. The van der Waals surface area contributed by atoms with Crippen LogP contribution < -0.4 is 4.74 Å². The van der Waals surface area contributed by atoms with Crippen LogP contribution in [0.3, 0.4) is 0 Å². The molecule has 2 nitrogen and oxygen atoms in total. The fourth-order valence-corrected chi connectivity index (χ4v) is 2.31. The number of phenols is 1. The van der Waals surface area contributed by atoms with E-state index in [9.17, 15) is 5.11 Å². The van der Waals surface area contributed by atoms with Crippen LogP contribution in [0.4, 0.5) is 0 Å². The van der Waals surface area contributed by atoms with Gasteiger partial charge < -0.3 is 9.84 Å². The first kappa shape index (κ1) is 13.3. The van der Waals surface area contributed by atoms with Crippen LogP contribution in [0, 0.1) is 0 Å². The third kappa shape index (κ3) is 2.90. The van der Waals surface area contributed by atoms with Crippen molar-refractivity contribution in [2.75, 3.05) is 7.11 Å². The largest absolute Gasteiger partial charge is 0.504 e. The second-order valence-corrected chi connectivity index (χ2v) is 4.87. The zero-order valence-corrected chi connectivity index (χ0v) is 11.8. The van der Waals surface area contributed by atoms with Gasteiger partial charge in [0.25, 0.3) is 0 Å². The summed E-state index contributed by atoms with van der Waals surface area (Å²) in [4.78, 5) is 0. The summed E-state index contributed by atoms with van der Waals surface area (Å²) < 4.78 is 5.04. The lowest BCUT2D eigenvalue weighted by Gasteiger charge is -2.03. The number of benzene rings is 3. The van der Waals surface area contributed by atoms with E-state index in [4.69, 9.17) is 4.74 Å². The Kier molecular flexibility index (Phi) is 3.61. The van der Waals surface area contributed by atoms with Gasteiger partial charge in [-0.1, -0.05) is 54.6 Å². The van der Waals surface area contributed by atoms with Crippen LogP contribution in [0.25, 0.3) is 22.9 Å². The number of hydrogen-bond donors (Lipinski definition) is 1. The molecule has 0 aliphatic carbocycles. The molecule has 21 heavy (non-hydrogen) atoms. The van der Waals surface area contributed by atoms with Crippen LogP contribution in [0.1, 0.15) is 11.1 Å². The maximum absolute atomic E-state index is 9.77. The Morgan fingerprint density at radius 3 is 2.19 bits per heavy atom. The van der Waals surface area contributed by atoms with Gasteiger partial charge in [0, 0.05) is 0 Å². The van der Waals surface area contributed by atoms with E-state index in [0.717, 1.165) is 11.1 Å². The van der Waals surface area contributed by atoms with E-state index in [1.54, 1.807) is 19.2 Å². The third-order valence-electron chi connectivity index (χ3n) is 3.44. The van der Waals surface area contributed by atoms with Crippen molar-refractivity contribution in [3.05, 3.63) is 71.8 Å². The lowest BCUT2D eigenvalue weighted by molar-refractivity contribution is 0.373. The predicted molar refractivity (Wildman–Crippen MR) is 87.5 cm³/mol. The standard InChI is InChI=1S/C19H16O2/c1-21-19-11-9-15(13-18(19)20)7-6-14-8-10-16-4-2-3-5-17(16)12-14/h2-13,20H,1H3/b7-6-. The third-order valence-corrected chi connectivity index (χ3v) is 3.44. The first-order chi connectivity index (χ1) is 10.3. The van der Waals surface area contributed by atoms with Crippen molar-refractivity contribution in [3.63, 3.8) is 0 Å². The molecule has 0 aliphatic rings. The quantitative estimate of drug-likeness (QED) is 0.701. The Balaban J connectivity index is 1.88. The molecular formula is C19H16O2. The molecule has 0 fully saturated rings. The van der Waals surface area contributed by atoms with Crippen LogP contribution in [-0.2, 0) is 0 Å². The minimum absolute atomic E-state index is 0.151. The van der Waals surface area contributed by atoms with Gasteiger partial charge in [-0.3, -0.25) is 0 Å². The lowest BCUT2D eigenvalue weighted by atomic mass is 10.1. The van der Waals surface area contributed by atoms with Crippen molar-refractivity contribution in [2.45, 2.75) is 0 Å². The molecule has 0 saturated carbocycles. The highest BCUT2D eigenvalue weighted by atomic mass is 16.5. The van der Waals surface area contributed by atoms with Gasteiger partial charge >= 0.3 is 0 Å². The molecule has 0 amide bonds. The SMILES string of the molecule is COc1ccc(/C=C\c2ccc3ccccc3c2)cc1O. The van der Waals surface area contributed by atoms with Crippen molar-refractivity contribution < 1.29 is 9.84 Å². The van der Waals surface area contributed by atoms with Gasteiger partial charge in [-0.2, -0.15) is 0 Å². The van der Waals surface area contributed by atoms with Crippen LogP contribution in [-0.4, -0.2) is 12.2 Å². The summed E-state index contributed by atoms with van der Waals surface area (Å²) in [7, 11) is 1.54.